The van der Waals surface area contributed by atoms with Crippen LogP contribution in [0.1, 0.15) is 50.5 Å². The van der Waals surface area contributed by atoms with Crippen molar-refractivity contribution < 1.29 is 31.8 Å². The van der Waals surface area contributed by atoms with Gasteiger partial charge in [-0.2, -0.15) is 23.1 Å². The van der Waals surface area contributed by atoms with E-state index in [1.54, 1.807) is 0 Å². The lowest BCUT2D eigenvalue weighted by Crippen LogP contribution is -2.59. The Hall–Kier alpha value is -3.16. The first-order valence-electron chi connectivity index (χ1n) is 15.1. The van der Waals surface area contributed by atoms with Crippen LogP contribution in [0.15, 0.2) is 12.1 Å². The highest BCUT2D eigenvalue weighted by Crippen LogP contribution is 2.47. The molecule has 9 nitrogen and oxygen atoms in total. The van der Waals surface area contributed by atoms with Gasteiger partial charge in [0.05, 0.1) is 36.5 Å². The van der Waals surface area contributed by atoms with E-state index < -0.39 is 33.8 Å². The van der Waals surface area contributed by atoms with Crippen LogP contribution in [0.3, 0.4) is 0 Å². The van der Waals surface area contributed by atoms with E-state index in [1.165, 1.54) is 0 Å². The molecule has 5 fully saturated rings. The molecule has 5 aliphatic heterocycles. The van der Waals surface area contributed by atoms with Crippen LogP contribution in [0.2, 0.25) is 5.02 Å². The predicted molar refractivity (Wildman–Crippen MR) is 154 cm³/mol. The molecule has 1 saturated carbocycles. The first-order valence-corrected chi connectivity index (χ1v) is 15.4. The molecule has 7 heterocycles. The van der Waals surface area contributed by atoms with Crippen LogP contribution < -0.4 is 25.4 Å². The van der Waals surface area contributed by atoms with E-state index in [1.807, 2.05) is 0 Å². The maximum atomic E-state index is 16.7. The zero-order valence-electron chi connectivity index (χ0n) is 23.7. The molecule has 2 aromatic heterocycles. The number of nitrogens with one attached hydrogen (secondary N) is 1. The number of nitrogens with two attached hydrogens (primary N) is 1. The number of benzene rings is 1. The highest BCUT2D eigenvalue weighted by atomic mass is 35.5. The maximum absolute atomic E-state index is 16.7. The Kier molecular flexibility index (Phi) is 6.55. The highest BCUT2D eigenvalue weighted by Gasteiger charge is 2.45. The zero-order chi connectivity index (χ0) is 30.4. The van der Waals surface area contributed by atoms with Gasteiger partial charge in [0, 0.05) is 47.8 Å². The summed E-state index contributed by atoms with van der Waals surface area (Å²) in [4.78, 5) is 15.8. The SMILES string of the molecule is Nc1cc(Cl)c(C(F)(F)F)c(-c2nc3c4c(nc(OCC56CCC(CC5)OC6)nc4c2F)N2C[C@H]4CC[C@H](N4)[C@H]2CCO3)c1. The first kappa shape index (κ1) is 28.3. The summed E-state index contributed by atoms with van der Waals surface area (Å²) < 4.78 is 77.7. The molecule has 0 amide bonds. The summed E-state index contributed by atoms with van der Waals surface area (Å²) in [5.74, 6) is -0.710. The molecule has 0 radical (unpaired) electrons. The van der Waals surface area contributed by atoms with Crippen LogP contribution in [0.25, 0.3) is 22.2 Å². The van der Waals surface area contributed by atoms with Crippen molar-refractivity contribution in [2.75, 3.05) is 37.0 Å². The second-order valence-corrected chi connectivity index (χ2v) is 13.2. The number of hydrogen-bond acceptors (Lipinski definition) is 9. The van der Waals surface area contributed by atoms with Crippen LogP contribution in [-0.4, -0.2) is 65.5 Å². The lowest BCUT2D eigenvalue weighted by atomic mass is 9.72. The fourth-order valence-electron chi connectivity index (χ4n) is 7.74. The van der Waals surface area contributed by atoms with Crippen molar-refractivity contribution in [3.8, 4) is 23.1 Å². The van der Waals surface area contributed by atoms with E-state index in [9.17, 15) is 13.2 Å². The summed E-state index contributed by atoms with van der Waals surface area (Å²) in [5, 5.41) is 3.20. The molecule has 14 heteroatoms. The smallest absolute Gasteiger partial charge is 0.418 e. The lowest BCUT2D eigenvalue weighted by molar-refractivity contribution is -0.137. The number of hydrogen-bond donors (Lipinski definition) is 2. The number of rotatable bonds is 4. The fourth-order valence-corrected chi connectivity index (χ4v) is 8.07. The van der Waals surface area contributed by atoms with Gasteiger partial charge in [0.2, 0.25) is 5.88 Å². The molecule has 3 aromatic rings. The van der Waals surface area contributed by atoms with Gasteiger partial charge in [-0.15, -0.1) is 0 Å². The van der Waals surface area contributed by atoms with Gasteiger partial charge in [-0.05, 0) is 50.7 Å². The van der Waals surface area contributed by atoms with Crippen molar-refractivity contribution in [3.05, 3.63) is 28.5 Å². The number of alkyl halides is 3. The van der Waals surface area contributed by atoms with Gasteiger partial charge in [0.25, 0.3) is 0 Å². The van der Waals surface area contributed by atoms with Gasteiger partial charge in [0.1, 0.15) is 22.4 Å². The van der Waals surface area contributed by atoms with Crippen molar-refractivity contribution in [2.24, 2.45) is 5.41 Å². The molecule has 1 aromatic carbocycles. The predicted octanol–water partition coefficient (Wildman–Crippen LogP) is 5.52. The molecule has 0 unspecified atom stereocenters. The quantitative estimate of drug-likeness (QED) is 0.284. The minimum absolute atomic E-state index is 0.0146. The van der Waals surface area contributed by atoms with Crippen LogP contribution in [0, 0.1) is 11.2 Å². The van der Waals surface area contributed by atoms with E-state index >= 15 is 4.39 Å². The fraction of sp³-hybridized carbons (Fsp3) is 0.567. The van der Waals surface area contributed by atoms with Gasteiger partial charge in [-0.1, -0.05) is 11.6 Å². The van der Waals surface area contributed by atoms with Crippen molar-refractivity contribution in [1.29, 1.82) is 0 Å². The van der Waals surface area contributed by atoms with Gasteiger partial charge >= 0.3 is 12.2 Å². The molecule has 6 aliphatic rings. The van der Waals surface area contributed by atoms with Gasteiger partial charge < -0.3 is 30.2 Å². The average molecular weight is 635 g/mol. The molecule has 3 N–H and O–H groups in total. The molecule has 0 spiro atoms. The molecular formula is C30H31ClF4N6O3. The van der Waals surface area contributed by atoms with Gasteiger partial charge in [0.15, 0.2) is 5.82 Å². The summed E-state index contributed by atoms with van der Waals surface area (Å²) in [5.41, 5.74) is 2.95. The van der Waals surface area contributed by atoms with Crippen LogP contribution in [0.5, 0.6) is 11.9 Å². The Balaban J connectivity index is 1.32. The minimum Gasteiger partial charge on any atom is -0.477 e. The molecule has 4 saturated heterocycles. The standard InChI is InChI=1S/C30H31ClF4N6O3/c31-18-10-14(36)9-17(22(18)30(33,34)35)24-23(32)25-21-26(40-28(39-25)44-13-29-6-3-16(4-7-29)43-12-29)41-11-15-1-2-19(37-15)20(41)5-8-42-27(21)38-24/h9-10,15-16,19-20,37H,1-8,11-13,36H2/t15-,16?,19+,20-,29?/m1/s1. The second-order valence-electron chi connectivity index (χ2n) is 12.8. The third kappa shape index (κ3) is 4.61. The Labute approximate surface area is 255 Å². The summed E-state index contributed by atoms with van der Waals surface area (Å²) in [6, 6.07) is 2.38. The van der Waals surface area contributed by atoms with Gasteiger partial charge in [-0.25, -0.2) is 9.37 Å². The number of fused-ring (bicyclic) bond motifs is 8. The van der Waals surface area contributed by atoms with E-state index in [-0.39, 0.29) is 71.3 Å². The minimum atomic E-state index is -4.91. The monoisotopic (exact) mass is 634 g/mol. The number of piperazine rings is 1. The van der Waals surface area contributed by atoms with Crippen LogP contribution in [0.4, 0.5) is 29.1 Å². The summed E-state index contributed by atoms with van der Waals surface area (Å²) in [6.07, 6.45) is 1.76. The van der Waals surface area contributed by atoms with Crippen molar-refractivity contribution in [1.82, 2.24) is 20.3 Å². The second kappa shape index (κ2) is 10.2. The number of anilines is 2. The molecule has 234 valence electrons. The number of halogens is 5. The molecular weight excluding hydrogens is 604 g/mol. The van der Waals surface area contributed by atoms with E-state index in [2.05, 4.69) is 20.2 Å². The van der Waals surface area contributed by atoms with Crippen molar-refractivity contribution in [3.63, 3.8) is 0 Å². The third-order valence-electron chi connectivity index (χ3n) is 9.97. The number of nitrogen functional groups attached to an aromatic ring is 1. The van der Waals surface area contributed by atoms with Crippen molar-refractivity contribution in [2.45, 2.75) is 75.4 Å². The van der Waals surface area contributed by atoms with Gasteiger partial charge in [-0.3, -0.25) is 0 Å². The topological polar surface area (TPSA) is 108 Å². The number of aromatic nitrogens is 3. The average Bonchev–Trinajstić information content (AvgIpc) is 3.38. The Morgan fingerprint density at radius 1 is 1.11 bits per heavy atom. The molecule has 1 aliphatic carbocycles. The van der Waals surface area contributed by atoms with E-state index in [0.29, 0.717) is 25.4 Å². The van der Waals surface area contributed by atoms with Crippen LogP contribution >= 0.6 is 11.6 Å². The van der Waals surface area contributed by atoms with E-state index in [4.69, 9.17) is 36.5 Å². The lowest BCUT2D eigenvalue weighted by Gasteiger charge is -2.45. The van der Waals surface area contributed by atoms with E-state index in [0.717, 1.165) is 50.7 Å². The Bertz CT molecular complexity index is 1640. The molecule has 44 heavy (non-hydrogen) atoms. The zero-order valence-corrected chi connectivity index (χ0v) is 24.5. The highest BCUT2D eigenvalue weighted by molar-refractivity contribution is 6.32. The summed E-state index contributed by atoms with van der Waals surface area (Å²) >= 11 is 6.03. The normalized spacial score (nSPS) is 29.2. The largest absolute Gasteiger partial charge is 0.477 e. The third-order valence-corrected chi connectivity index (χ3v) is 10.3. The molecule has 4 bridgehead atoms. The van der Waals surface area contributed by atoms with Crippen molar-refractivity contribution >= 4 is 34.0 Å². The summed E-state index contributed by atoms with van der Waals surface area (Å²) in [7, 11) is 0. The number of ether oxygens (including phenoxy) is 3. The molecule has 9 rings (SSSR count). The number of nitrogens with zero attached hydrogens (tertiary/aromatic N) is 4. The Morgan fingerprint density at radius 2 is 1.93 bits per heavy atom. The van der Waals surface area contributed by atoms with Crippen LogP contribution in [-0.2, 0) is 10.9 Å². The number of pyridine rings is 1. The summed E-state index contributed by atoms with van der Waals surface area (Å²) in [6.45, 7) is 1.70. The Morgan fingerprint density at radius 3 is 2.68 bits per heavy atom. The first-order chi connectivity index (χ1) is 21.1. The molecule has 3 atom stereocenters. The maximum Gasteiger partial charge on any atom is 0.418 e.